The third kappa shape index (κ3) is 4.09. The number of nitrogens with one attached hydrogen (secondary N) is 3. The summed E-state index contributed by atoms with van der Waals surface area (Å²) in [5.74, 6) is 0.244. The summed E-state index contributed by atoms with van der Waals surface area (Å²) >= 11 is 5.96. The Balaban J connectivity index is 1.95. The first-order valence-corrected chi connectivity index (χ1v) is 6.82. The van der Waals surface area contributed by atoms with E-state index in [1.165, 1.54) is 0 Å². The average molecular weight is 311 g/mol. The molecule has 0 radical (unpaired) electrons. The number of hydrogen-bond donors (Lipinski definition) is 3. The molecular weight excluding hydrogens is 296 g/mol. The number of aromatic amines is 2. The van der Waals surface area contributed by atoms with Gasteiger partial charge < -0.3 is 10.1 Å². The minimum Gasteiger partial charge on any atom is -0.494 e. The predicted molar refractivity (Wildman–Crippen MR) is 77.9 cm³/mol. The fourth-order valence-corrected chi connectivity index (χ4v) is 2.01. The Bertz CT molecular complexity index is 680. The fourth-order valence-electron chi connectivity index (χ4n) is 1.81. The highest BCUT2D eigenvalue weighted by Crippen LogP contribution is 2.23. The summed E-state index contributed by atoms with van der Waals surface area (Å²) in [6, 6.07) is 5.35. The lowest BCUT2D eigenvalue weighted by molar-refractivity contribution is 0.0944. The van der Waals surface area contributed by atoms with Crippen molar-refractivity contribution in [3.63, 3.8) is 0 Å². The van der Waals surface area contributed by atoms with E-state index in [0.29, 0.717) is 24.6 Å². The fraction of sp³-hybridized carbons (Fsp3) is 0.308. The van der Waals surface area contributed by atoms with Gasteiger partial charge in [-0.05, 0) is 37.1 Å². The Kier molecular flexibility index (Phi) is 4.99. The summed E-state index contributed by atoms with van der Waals surface area (Å²) in [5, 5.41) is 8.95. The van der Waals surface area contributed by atoms with Crippen molar-refractivity contribution in [2.24, 2.45) is 0 Å². The lowest BCUT2D eigenvalue weighted by atomic mass is 10.1. The van der Waals surface area contributed by atoms with Gasteiger partial charge in [-0.1, -0.05) is 11.6 Å². The number of carbonyl (C=O) groups excluding carboxylic acids is 1. The molecular formula is C13H15ClN4O3. The molecule has 112 valence electrons. The molecule has 1 aromatic carbocycles. The molecule has 21 heavy (non-hydrogen) atoms. The number of nitrogens with zero attached hydrogens (tertiary/aromatic N) is 1. The average Bonchev–Trinajstić information content (AvgIpc) is 2.88. The molecule has 0 saturated heterocycles. The van der Waals surface area contributed by atoms with Crippen molar-refractivity contribution in [2.75, 3.05) is 13.2 Å². The van der Waals surface area contributed by atoms with Gasteiger partial charge >= 0.3 is 5.69 Å². The molecule has 2 aromatic rings. The molecule has 0 aliphatic heterocycles. The first-order chi connectivity index (χ1) is 10.1. The molecule has 2 rings (SSSR count). The largest absolute Gasteiger partial charge is 0.494 e. The monoisotopic (exact) mass is 310 g/mol. The number of amides is 1. The zero-order valence-electron chi connectivity index (χ0n) is 11.4. The lowest BCUT2D eigenvalue weighted by Crippen LogP contribution is -2.27. The molecule has 1 amide bonds. The van der Waals surface area contributed by atoms with Crippen LogP contribution in [0.4, 0.5) is 0 Å². The van der Waals surface area contributed by atoms with E-state index in [4.69, 9.17) is 16.3 Å². The molecule has 0 fully saturated rings. The highest BCUT2D eigenvalue weighted by atomic mass is 35.5. The minimum atomic E-state index is -0.520. The van der Waals surface area contributed by atoms with E-state index in [-0.39, 0.29) is 5.82 Å². The third-order valence-corrected chi connectivity index (χ3v) is 2.95. The minimum absolute atomic E-state index is 0.0453. The van der Waals surface area contributed by atoms with Crippen LogP contribution in [0.3, 0.4) is 0 Å². The van der Waals surface area contributed by atoms with Crippen LogP contribution >= 0.6 is 11.6 Å². The first-order valence-electron chi connectivity index (χ1n) is 6.44. The SMILES string of the molecule is CCOc1ccc(Cl)cc1CCNC(=O)c1n[nH]c(=O)[nH]1. The molecule has 0 aliphatic rings. The number of aromatic nitrogens is 3. The van der Waals surface area contributed by atoms with Gasteiger partial charge in [-0.15, -0.1) is 5.10 Å². The van der Waals surface area contributed by atoms with Gasteiger partial charge in [-0.3, -0.25) is 9.78 Å². The number of ether oxygens (including phenoxy) is 1. The van der Waals surface area contributed by atoms with Gasteiger partial charge in [0.25, 0.3) is 5.91 Å². The second-order valence-corrected chi connectivity index (χ2v) is 4.65. The lowest BCUT2D eigenvalue weighted by Gasteiger charge is -2.10. The van der Waals surface area contributed by atoms with Crippen LogP contribution in [-0.4, -0.2) is 34.2 Å². The summed E-state index contributed by atoms with van der Waals surface area (Å²) in [4.78, 5) is 24.8. The summed E-state index contributed by atoms with van der Waals surface area (Å²) < 4.78 is 5.50. The van der Waals surface area contributed by atoms with Crippen LogP contribution in [0.1, 0.15) is 23.1 Å². The van der Waals surface area contributed by atoms with E-state index in [0.717, 1.165) is 11.3 Å². The standard InChI is InChI=1S/C13H15ClN4O3/c1-2-21-10-4-3-9(14)7-8(10)5-6-15-12(19)11-16-13(20)18-17-11/h3-4,7H,2,5-6H2,1H3,(H,15,19)(H2,16,17,18,20). The van der Waals surface area contributed by atoms with E-state index < -0.39 is 11.6 Å². The Morgan fingerprint density at radius 1 is 1.48 bits per heavy atom. The molecule has 0 atom stereocenters. The van der Waals surface area contributed by atoms with Crippen LogP contribution < -0.4 is 15.7 Å². The molecule has 7 nitrogen and oxygen atoms in total. The molecule has 1 heterocycles. The predicted octanol–water partition coefficient (Wildman–Crippen LogP) is 1.12. The maximum absolute atomic E-state index is 11.7. The molecule has 0 saturated carbocycles. The molecule has 8 heteroatoms. The van der Waals surface area contributed by atoms with Gasteiger partial charge in [0.15, 0.2) is 0 Å². The van der Waals surface area contributed by atoms with Crippen molar-refractivity contribution in [3.8, 4) is 5.75 Å². The summed E-state index contributed by atoms with van der Waals surface area (Å²) in [6.45, 7) is 2.82. The van der Waals surface area contributed by atoms with Crippen LogP contribution in [0.2, 0.25) is 5.02 Å². The number of halogens is 1. The van der Waals surface area contributed by atoms with Crippen molar-refractivity contribution >= 4 is 17.5 Å². The first kappa shape index (κ1) is 15.1. The van der Waals surface area contributed by atoms with Gasteiger partial charge in [0.2, 0.25) is 5.82 Å². The molecule has 0 unspecified atom stereocenters. The normalized spacial score (nSPS) is 10.4. The number of H-pyrrole nitrogens is 2. The molecule has 1 aromatic heterocycles. The molecule has 0 spiro atoms. The number of benzene rings is 1. The Morgan fingerprint density at radius 2 is 2.29 bits per heavy atom. The number of rotatable bonds is 6. The Hall–Kier alpha value is -2.28. The topological polar surface area (TPSA) is 99.9 Å². The van der Waals surface area contributed by atoms with Gasteiger partial charge in [-0.2, -0.15) is 0 Å². The summed E-state index contributed by atoms with van der Waals surface area (Å²) in [7, 11) is 0. The van der Waals surface area contributed by atoms with Gasteiger partial charge in [0, 0.05) is 11.6 Å². The van der Waals surface area contributed by atoms with Crippen molar-refractivity contribution in [1.82, 2.24) is 20.5 Å². The van der Waals surface area contributed by atoms with Crippen LogP contribution in [0.15, 0.2) is 23.0 Å². The van der Waals surface area contributed by atoms with Crippen LogP contribution in [0.5, 0.6) is 5.75 Å². The van der Waals surface area contributed by atoms with Gasteiger partial charge in [0.05, 0.1) is 6.61 Å². The zero-order chi connectivity index (χ0) is 15.2. The van der Waals surface area contributed by atoms with Crippen LogP contribution in [-0.2, 0) is 6.42 Å². The maximum atomic E-state index is 11.7. The number of carbonyl (C=O) groups is 1. The second kappa shape index (κ2) is 6.94. The van der Waals surface area contributed by atoms with Crippen molar-refractivity contribution < 1.29 is 9.53 Å². The van der Waals surface area contributed by atoms with Crippen molar-refractivity contribution in [3.05, 3.63) is 45.1 Å². The maximum Gasteiger partial charge on any atom is 0.341 e. The third-order valence-electron chi connectivity index (χ3n) is 2.72. The van der Waals surface area contributed by atoms with E-state index in [1.54, 1.807) is 18.2 Å². The van der Waals surface area contributed by atoms with E-state index in [1.807, 2.05) is 6.92 Å². The highest BCUT2D eigenvalue weighted by Gasteiger charge is 2.10. The summed E-state index contributed by atoms with van der Waals surface area (Å²) in [5.41, 5.74) is 0.383. The van der Waals surface area contributed by atoms with E-state index >= 15 is 0 Å². The second-order valence-electron chi connectivity index (χ2n) is 4.22. The van der Waals surface area contributed by atoms with Crippen LogP contribution in [0.25, 0.3) is 0 Å². The quantitative estimate of drug-likeness (QED) is 0.744. The van der Waals surface area contributed by atoms with Gasteiger partial charge in [-0.25, -0.2) is 9.89 Å². The molecule has 0 aliphatic carbocycles. The van der Waals surface area contributed by atoms with Crippen molar-refractivity contribution in [1.29, 1.82) is 0 Å². The smallest absolute Gasteiger partial charge is 0.341 e. The molecule has 3 N–H and O–H groups in total. The van der Waals surface area contributed by atoms with Crippen molar-refractivity contribution in [2.45, 2.75) is 13.3 Å². The zero-order valence-corrected chi connectivity index (χ0v) is 12.2. The van der Waals surface area contributed by atoms with E-state index in [2.05, 4.69) is 20.5 Å². The molecule has 0 bridgehead atoms. The Morgan fingerprint density at radius 3 is 2.95 bits per heavy atom. The highest BCUT2D eigenvalue weighted by molar-refractivity contribution is 6.30. The Labute approximate surface area is 125 Å². The van der Waals surface area contributed by atoms with Gasteiger partial charge in [0.1, 0.15) is 5.75 Å². The van der Waals surface area contributed by atoms with E-state index in [9.17, 15) is 9.59 Å². The number of hydrogen-bond acceptors (Lipinski definition) is 4. The summed E-state index contributed by atoms with van der Waals surface area (Å²) in [6.07, 6.45) is 0.552. The van der Waals surface area contributed by atoms with Crippen LogP contribution in [0, 0.1) is 0 Å².